The van der Waals surface area contributed by atoms with E-state index in [1.165, 1.54) is 0 Å². The van der Waals surface area contributed by atoms with Gasteiger partial charge in [0.2, 0.25) is 0 Å². The number of pyridine rings is 1. The van der Waals surface area contributed by atoms with E-state index in [9.17, 15) is 4.79 Å². The lowest BCUT2D eigenvalue weighted by molar-refractivity contribution is 0.0240. The molecule has 0 aromatic carbocycles. The van der Waals surface area contributed by atoms with Crippen LogP contribution >= 0.6 is 0 Å². The van der Waals surface area contributed by atoms with Gasteiger partial charge in [-0.3, -0.25) is 9.88 Å². The first-order valence-corrected chi connectivity index (χ1v) is 6.78. The number of fused-ring (bicyclic) bond motifs is 1. The van der Waals surface area contributed by atoms with Crippen molar-refractivity contribution in [1.82, 2.24) is 9.88 Å². The van der Waals surface area contributed by atoms with Gasteiger partial charge in [-0.2, -0.15) is 0 Å². The Morgan fingerprint density at radius 1 is 1.26 bits per heavy atom. The minimum atomic E-state index is -0.449. The fourth-order valence-electron chi connectivity index (χ4n) is 1.82. The van der Waals surface area contributed by atoms with E-state index in [0.717, 1.165) is 17.0 Å². The molecule has 0 atom stereocenters. The first-order valence-electron chi connectivity index (χ1n) is 6.78. The highest BCUT2D eigenvalue weighted by atomic mass is 16.6. The summed E-state index contributed by atoms with van der Waals surface area (Å²) < 4.78 is 5.34. The second-order valence-corrected chi connectivity index (χ2v) is 5.39. The molecular formula is C15H24N2O2. The molecule has 1 aliphatic rings. The Hall–Kier alpha value is -1.58. The summed E-state index contributed by atoms with van der Waals surface area (Å²) in [6.45, 7) is 12.7. The minimum absolute atomic E-state index is 0.270. The van der Waals surface area contributed by atoms with Gasteiger partial charge in [-0.05, 0) is 39.3 Å². The molecule has 106 valence electrons. The van der Waals surface area contributed by atoms with Crippen LogP contribution in [0, 0.1) is 6.92 Å². The molecule has 4 heteroatoms. The number of hydrogen-bond acceptors (Lipinski definition) is 3. The van der Waals surface area contributed by atoms with Crippen LogP contribution in [-0.2, 0) is 17.8 Å². The van der Waals surface area contributed by atoms with Crippen molar-refractivity contribution < 1.29 is 9.53 Å². The van der Waals surface area contributed by atoms with Crippen molar-refractivity contribution in [3.8, 4) is 0 Å². The Morgan fingerprint density at radius 2 is 1.89 bits per heavy atom. The number of aromatic nitrogens is 1. The summed E-state index contributed by atoms with van der Waals surface area (Å²) in [6, 6.07) is 4.00. The zero-order valence-electron chi connectivity index (χ0n) is 12.8. The maximum Gasteiger partial charge on any atom is 0.410 e. The van der Waals surface area contributed by atoms with Crippen molar-refractivity contribution in [2.24, 2.45) is 0 Å². The van der Waals surface area contributed by atoms with E-state index in [0.29, 0.717) is 13.1 Å². The molecule has 1 aliphatic heterocycles. The van der Waals surface area contributed by atoms with Crippen LogP contribution in [-0.4, -0.2) is 21.6 Å². The molecule has 0 saturated carbocycles. The van der Waals surface area contributed by atoms with Crippen molar-refractivity contribution >= 4 is 6.09 Å². The lowest BCUT2D eigenvalue weighted by atomic mass is 10.2. The SMILES string of the molecule is CC.Cc1ccc2c(n1)CN(C(=O)OC(C)(C)C)C2. The minimum Gasteiger partial charge on any atom is -0.444 e. The van der Waals surface area contributed by atoms with E-state index in [-0.39, 0.29) is 6.09 Å². The number of rotatable bonds is 0. The molecule has 2 heterocycles. The maximum atomic E-state index is 11.9. The van der Waals surface area contributed by atoms with Crippen molar-refractivity contribution in [1.29, 1.82) is 0 Å². The molecule has 0 bridgehead atoms. The molecule has 0 saturated heterocycles. The van der Waals surface area contributed by atoms with Gasteiger partial charge < -0.3 is 4.74 Å². The van der Waals surface area contributed by atoms with Crippen LogP contribution in [0.25, 0.3) is 0 Å². The van der Waals surface area contributed by atoms with Gasteiger partial charge in [-0.15, -0.1) is 0 Å². The monoisotopic (exact) mass is 264 g/mol. The Morgan fingerprint density at radius 3 is 2.47 bits per heavy atom. The van der Waals surface area contributed by atoms with Crippen LogP contribution in [0.4, 0.5) is 4.79 Å². The zero-order valence-corrected chi connectivity index (χ0v) is 12.8. The number of carbonyl (C=O) groups excluding carboxylic acids is 1. The summed E-state index contributed by atoms with van der Waals surface area (Å²) in [7, 11) is 0. The molecule has 19 heavy (non-hydrogen) atoms. The molecule has 0 aliphatic carbocycles. The molecule has 2 rings (SSSR count). The highest BCUT2D eigenvalue weighted by Crippen LogP contribution is 2.23. The molecule has 1 aromatic heterocycles. The Kier molecular flexibility index (Phi) is 4.92. The smallest absolute Gasteiger partial charge is 0.410 e. The average Bonchev–Trinajstić information content (AvgIpc) is 2.72. The second-order valence-electron chi connectivity index (χ2n) is 5.39. The fraction of sp³-hybridized carbons (Fsp3) is 0.600. The third kappa shape index (κ3) is 4.23. The maximum absolute atomic E-state index is 11.9. The van der Waals surface area contributed by atoms with E-state index >= 15 is 0 Å². The standard InChI is InChI=1S/C13H18N2O2.C2H6/c1-9-5-6-10-7-15(8-11(10)14-9)12(16)17-13(2,3)4;1-2/h5-6H,7-8H2,1-4H3;1-2H3. The lowest BCUT2D eigenvalue weighted by Crippen LogP contribution is -2.33. The average molecular weight is 264 g/mol. The first kappa shape index (κ1) is 15.5. The van der Waals surface area contributed by atoms with Crippen LogP contribution in [0.2, 0.25) is 0 Å². The van der Waals surface area contributed by atoms with E-state index < -0.39 is 5.60 Å². The van der Waals surface area contributed by atoms with Gasteiger partial charge in [0.15, 0.2) is 0 Å². The number of amides is 1. The molecule has 0 unspecified atom stereocenters. The molecule has 0 spiro atoms. The largest absolute Gasteiger partial charge is 0.444 e. The van der Waals surface area contributed by atoms with Crippen molar-refractivity contribution in [3.63, 3.8) is 0 Å². The van der Waals surface area contributed by atoms with Gasteiger partial charge in [0.05, 0.1) is 18.8 Å². The lowest BCUT2D eigenvalue weighted by Gasteiger charge is -2.23. The van der Waals surface area contributed by atoms with Crippen LogP contribution < -0.4 is 0 Å². The van der Waals surface area contributed by atoms with Crippen molar-refractivity contribution in [2.45, 2.75) is 60.2 Å². The Labute approximate surface area is 115 Å². The van der Waals surface area contributed by atoms with Gasteiger partial charge in [0, 0.05) is 5.69 Å². The molecular weight excluding hydrogens is 240 g/mol. The number of aryl methyl sites for hydroxylation is 1. The van der Waals surface area contributed by atoms with E-state index in [4.69, 9.17) is 4.74 Å². The Bertz CT molecular complexity index is 450. The second kappa shape index (κ2) is 6.04. The quantitative estimate of drug-likeness (QED) is 0.718. The molecule has 4 nitrogen and oxygen atoms in total. The Balaban J connectivity index is 0.000000861. The summed E-state index contributed by atoms with van der Waals surface area (Å²) in [5, 5.41) is 0. The number of carbonyl (C=O) groups is 1. The van der Waals surface area contributed by atoms with Crippen LogP contribution in [0.3, 0.4) is 0 Å². The van der Waals surface area contributed by atoms with Crippen LogP contribution in [0.1, 0.15) is 51.6 Å². The van der Waals surface area contributed by atoms with E-state index in [1.54, 1.807) is 4.90 Å². The number of hydrogen-bond donors (Lipinski definition) is 0. The predicted molar refractivity (Wildman–Crippen MR) is 75.8 cm³/mol. The molecule has 0 N–H and O–H groups in total. The van der Waals surface area contributed by atoms with Gasteiger partial charge in [0.1, 0.15) is 5.60 Å². The number of ether oxygens (including phenoxy) is 1. The number of nitrogens with zero attached hydrogens (tertiary/aromatic N) is 2. The fourth-order valence-corrected chi connectivity index (χ4v) is 1.82. The van der Waals surface area contributed by atoms with Crippen LogP contribution in [0.15, 0.2) is 12.1 Å². The highest BCUT2D eigenvalue weighted by Gasteiger charge is 2.28. The summed E-state index contributed by atoms with van der Waals surface area (Å²) in [5.41, 5.74) is 2.63. The third-order valence-electron chi connectivity index (χ3n) is 2.56. The normalized spacial score (nSPS) is 13.5. The molecule has 1 aromatic rings. The van der Waals surface area contributed by atoms with E-state index in [2.05, 4.69) is 4.98 Å². The summed E-state index contributed by atoms with van der Waals surface area (Å²) in [6.07, 6.45) is -0.270. The van der Waals surface area contributed by atoms with Gasteiger partial charge >= 0.3 is 6.09 Å². The summed E-state index contributed by atoms with van der Waals surface area (Å²) >= 11 is 0. The molecule has 0 radical (unpaired) electrons. The third-order valence-corrected chi connectivity index (χ3v) is 2.56. The van der Waals surface area contributed by atoms with Crippen molar-refractivity contribution in [2.75, 3.05) is 0 Å². The van der Waals surface area contributed by atoms with Crippen molar-refractivity contribution in [3.05, 3.63) is 29.1 Å². The highest BCUT2D eigenvalue weighted by molar-refractivity contribution is 5.69. The zero-order chi connectivity index (χ0) is 14.6. The summed E-state index contributed by atoms with van der Waals surface area (Å²) in [5.74, 6) is 0. The van der Waals surface area contributed by atoms with Gasteiger partial charge in [-0.1, -0.05) is 19.9 Å². The topological polar surface area (TPSA) is 42.4 Å². The summed E-state index contributed by atoms with van der Waals surface area (Å²) in [4.78, 5) is 18.0. The van der Waals surface area contributed by atoms with Gasteiger partial charge in [-0.25, -0.2) is 4.79 Å². The predicted octanol–water partition coefficient (Wildman–Crippen LogP) is 3.67. The molecule has 0 fully saturated rings. The van der Waals surface area contributed by atoms with Gasteiger partial charge in [0.25, 0.3) is 0 Å². The van der Waals surface area contributed by atoms with E-state index in [1.807, 2.05) is 53.7 Å². The van der Waals surface area contributed by atoms with Crippen LogP contribution in [0.5, 0.6) is 0 Å². The molecule has 1 amide bonds. The first-order chi connectivity index (χ1) is 8.85.